The summed E-state index contributed by atoms with van der Waals surface area (Å²) in [6.07, 6.45) is 3.06. The van der Waals surface area contributed by atoms with Crippen molar-refractivity contribution in [1.82, 2.24) is 0 Å². The predicted molar refractivity (Wildman–Crippen MR) is 99.4 cm³/mol. The van der Waals surface area contributed by atoms with Crippen molar-refractivity contribution in [2.45, 2.75) is 6.92 Å². The van der Waals surface area contributed by atoms with Crippen molar-refractivity contribution in [3.8, 4) is 0 Å². The van der Waals surface area contributed by atoms with E-state index >= 15 is 0 Å². The van der Waals surface area contributed by atoms with Gasteiger partial charge in [0.15, 0.2) is 5.78 Å². The van der Waals surface area contributed by atoms with E-state index < -0.39 is 10.0 Å². The van der Waals surface area contributed by atoms with Crippen LogP contribution in [0.4, 0.5) is 5.69 Å². The van der Waals surface area contributed by atoms with Crippen LogP contribution < -0.4 is 4.72 Å². The van der Waals surface area contributed by atoms with Crippen LogP contribution in [0.5, 0.6) is 0 Å². The highest BCUT2D eigenvalue weighted by molar-refractivity contribution is 7.92. The number of rotatable bonds is 6. The van der Waals surface area contributed by atoms with Crippen molar-refractivity contribution >= 4 is 50.8 Å². The Balaban J connectivity index is 2.09. The largest absolute Gasteiger partial charge is 0.289 e. The van der Waals surface area contributed by atoms with Gasteiger partial charge in [-0.3, -0.25) is 9.52 Å². The van der Waals surface area contributed by atoms with Crippen molar-refractivity contribution in [2.75, 3.05) is 10.5 Å². The molecule has 0 aromatic heterocycles. The molecule has 0 atom stereocenters. The maximum Gasteiger partial charge on any atom is 0.232 e. The minimum absolute atomic E-state index is 0.0138. The van der Waals surface area contributed by atoms with Crippen molar-refractivity contribution in [3.63, 3.8) is 0 Å². The van der Waals surface area contributed by atoms with Gasteiger partial charge in [0.05, 0.1) is 15.8 Å². The van der Waals surface area contributed by atoms with Crippen LogP contribution in [0.2, 0.25) is 10.0 Å². The highest BCUT2D eigenvalue weighted by Crippen LogP contribution is 2.23. The Labute approximate surface area is 151 Å². The molecule has 0 aliphatic heterocycles. The summed E-state index contributed by atoms with van der Waals surface area (Å²) in [5.74, 6) is -0.217. The van der Waals surface area contributed by atoms with Crippen LogP contribution in [-0.2, 0) is 10.0 Å². The average Bonchev–Trinajstić information content (AvgIpc) is 2.56. The van der Waals surface area contributed by atoms with E-state index in [4.69, 9.17) is 23.2 Å². The van der Waals surface area contributed by atoms with E-state index in [9.17, 15) is 13.2 Å². The van der Waals surface area contributed by atoms with Gasteiger partial charge in [-0.15, -0.1) is 0 Å². The predicted octanol–water partition coefficient (Wildman–Crippen LogP) is 4.65. The molecule has 0 fully saturated rings. The normalized spacial score (nSPS) is 11.6. The molecule has 0 amide bonds. The van der Waals surface area contributed by atoms with Gasteiger partial charge in [-0.1, -0.05) is 35.3 Å². The first-order valence-corrected chi connectivity index (χ1v) is 9.49. The summed E-state index contributed by atoms with van der Waals surface area (Å²) in [6, 6.07) is 11.3. The summed E-state index contributed by atoms with van der Waals surface area (Å²) in [5.41, 5.74) is 1.62. The molecule has 1 N–H and O–H groups in total. The van der Waals surface area contributed by atoms with Gasteiger partial charge in [0.25, 0.3) is 0 Å². The Morgan fingerprint density at radius 3 is 2.33 bits per heavy atom. The second-order valence-electron chi connectivity index (χ2n) is 4.95. The summed E-state index contributed by atoms with van der Waals surface area (Å²) >= 11 is 11.8. The lowest BCUT2D eigenvalue weighted by Crippen LogP contribution is -2.14. The quantitative estimate of drug-likeness (QED) is 0.583. The summed E-state index contributed by atoms with van der Waals surface area (Å²) < 4.78 is 25.4. The summed E-state index contributed by atoms with van der Waals surface area (Å²) in [4.78, 5) is 12.1. The second-order valence-corrected chi connectivity index (χ2v) is 7.78. The number of allylic oxidation sites excluding steroid dienone is 1. The van der Waals surface area contributed by atoms with Crippen LogP contribution in [0.15, 0.2) is 48.5 Å². The standard InChI is InChI=1S/C17H15Cl2NO3S/c1-2-24(22,23)20-14-7-5-13(6-8-14)17(21)10-4-12-3-9-15(18)16(19)11-12/h3-11,20H,2H2,1H3/b10-4+. The summed E-state index contributed by atoms with van der Waals surface area (Å²) in [6.45, 7) is 1.55. The maximum atomic E-state index is 12.1. The van der Waals surface area contributed by atoms with E-state index in [-0.39, 0.29) is 11.5 Å². The third-order valence-corrected chi connectivity index (χ3v) is 5.24. The van der Waals surface area contributed by atoms with Gasteiger partial charge in [0, 0.05) is 11.3 Å². The molecular weight excluding hydrogens is 369 g/mol. The first kappa shape index (κ1) is 18.5. The van der Waals surface area contributed by atoms with Crippen LogP contribution in [0.25, 0.3) is 6.08 Å². The molecule has 4 nitrogen and oxygen atoms in total. The lowest BCUT2D eigenvalue weighted by Gasteiger charge is -2.06. The number of anilines is 1. The van der Waals surface area contributed by atoms with E-state index in [1.54, 1.807) is 55.5 Å². The molecule has 2 aromatic carbocycles. The summed E-state index contributed by atoms with van der Waals surface area (Å²) in [7, 11) is -3.33. The number of nitrogens with one attached hydrogen (secondary N) is 1. The molecule has 0 radical (unpaired) electrons. The first-order chi connectivity index (χ1) is 11.3. The van der Waals surface area contributed by atoms with Crippen LogP contribution in [0.3, 0.4) is 0 Å². The van der Waals surface area contributed by atoms with Crippen molar-refractivity contribution in [1.29, 1.82) is 0 Å². The second kappa shape index (κ2) is 7.83. The lowest BCUT2D eigenvalue weighted by molar-refractivity contribution is 0.104. The van der Waals surface area contributed by atoms with Gasteiger partial charge in [-0.05, 0) is 55.0 Å². The van der Waals surface area contributed by atoms with E-state index in [1.807, 2.05) is 0 Å². The number of benzene rings is 2. The fourth-order valence-electron chi connectivity index (χ4n) is 1.84. The minimum atomic E-state index is -3.33. The minimum Gasteiger partial charge on any atom is -0.289 e. The molecule has 126 valence electrons. The molecule has 0 saturated carbocycles. The zero-order chi connectivity index (χ0) is 17.7. The molecule has 0 heterocycles. The highest BCUT2D eigenvalue weighted by Gasteiger charge is 2.07. The van der Waals surface area contributed by atoms with Gasteiger partial charge < -0.3 is 0 Å². The maximum absolute atomic E-state index is 12.1. The molecule has 0 aliphatic rings. The van der Waals surface area contributed by atoms with Crippen molar-refractivity contribution in [3.05, 3.63) is 69.7 Å². The molecule has 0 spiro atoms. The third-order valence-electron chi connectivity index (χ3n) is 3.19. The molecule has 0 unspecified atom stereocenters. The number of sulfonamides is 1. The number of ketones is 1. The van der Waals surface area contributed by atoms with Crippen LogP contribution >= 0.6 is 23.2 Å². The zero-order valence-corrected chi connectivity index (χ0v) is 15.1. The Bertz CT molecular complexity index is 875. The van der Waals surface area contributed by atoms with Crippen LogP contribution in [0.1, 0.15) is 22.8 Å². The fraction of sp³-hybridized carbons (Fsp3) is 0.118. The SMILES string of the molecule is CCS(=O)(=O)Nc1ccc(C(=O)/C=C/c2ccc(Cl)c(Cl)c2)cc1. The molecule has 0 bridgehead atoms. The molecule has 24 heavy (non-hydrogen) atoms. The monoisotopic (exact) mass is 383 g/mol. The van der Waals surface area contributed by atoms with Gasteiger partial charge in [-0.25, -0.2) is 8.42 Å². The number of halogens is 2. The van der Waals surface area contributed by atoms with Gasteiger partial charge in [0.1, 0.15) is 0 Å². The Hall–Kier alpha value is -1.82. The van der Waals surface area contributed by atoms with E-state index in [1.165, 1.54) is 6.08 Å². The van der Waals surface area contributed by atoms with E-state index in [2.05, 4.69) is 4.72 Å². The Morgan fingerprint density at radius 2 is 1.75 bits per heavy atom. The molecule has 7 heteroatoms. The molecule has 0 saturated heterocycles. The van der Waals surface area contributed by atoms with Crippen molar-refractivity contribution in [2.24, 2.45) is 0 Å². The van der Waals surface area contributed by atoms with Gasteiger partial charge >= 0.3 is 0 Å². The number of hydrogen-bond acceptors (Lipinski definition) is 3. The highest BCUT2D eigenvalue weighted by atomic mass is 35.5. The van der Waals surface area contributed by atoms with Gasteiger partial charge in [0.2, 0.25) is 10.0 Å². The zero-order valence-electron chi connectivity index (χ0n) is 12.8. The average molecular weight is 384 g/mol. The molecule has 2 rings (SSSR count). The number of carbonyl (C=O) groups is 1. The molecular formula is C17H15Cl2NO3S. The smallest absolute Gasteiger partial charge is 0.232 e. The number of hydrogen-bond donors (Lipinski definition) is 1. The first-order valence-electron chi connectivity index (χ1n) is 7.09. The van der Waals surface area contributed by atoms with Crippen molar-refractivity contribution < 1.29 is 13.2 Å². The molecule has 0 aliphatic carbocycles. The number of carbonyl (C=O) groups excluding carboxylic acids is 1. The van der Waals surface area contributed by atoms with E-state index in [0.717, 1.165) is 5.56 Å². The van der Waals surface area contributed by atoms with Crippen LogP contribution in [-0.4, -0.2) is 20.0 Å². The topological polar surface area (TPSA) is 63.2 Å². The lowest BCUT2D eigenvalue weighted by atomic mass is 10.1. The van der Waals surface area contributed by atoms with E-state index in [0.29, 0.717) is 21.3 Å². The van der Waals surface area contributed by atoms with Crippen LogP contribution in [0, 0.1) is 0 Å². The Morgan fingerprint density at radius 1 is 1.08 bits per heavy atom. The fourth-order valence-corrected chi connectivity index (χ4v) is 2.78. The summed E-state index contributed by atoms with van der Waals surface area (Å²) in [5, 5.41) is 0.865. The Kier molecular flexibility index (Phi) is 6.04. The molecule has 2 aromatic rings. The third kappa shape index (κ3) is 5.09. The van der Waals surface area contributed by atoms with Gasteiger partial charge in [-0.2, -0.15) is 0 Å².